The van der Waals surface area contributed by atoms with Gasteiger partial charge in [0, 0.05) is 49.0 Å². The summed E-state index contributed by atoms with van der Waals surface area (Å²) in [5.74, 6) is 0.155. The summed E-state index contributed by atoms with van der Waals surface area (Å²) >= 11 is 0. The summed E-state index contributed by atoms with van der Waals surface area (Å²) in [5.41, 5.74) is 4.96. The first kappa shape index (κ1) is 21.6. The number of rotatable bonds is 6. The lowest BCUT2D eigenvalue weighted by molar-refractivity contribution is 0.0912. The number of piperidine rings is 1. The fraction of sp³-hybridized carbons (Fsp3) is 0.500. The number of hydrogen-bond donors (Lipinski definition) is 1. The number of carbonyl (C=O) groups excluding carboxylic acids is 1. The Hall–Kier alpha value is -2.12. The highest BCUT2D eigenvalue weighted by Gasteiger charge is 2.24. The molecule has 1 fully saturated rings. The van der Waals surface area contributed by atoms with Gasteiger partial charge in [0.15, 0.2) is 0 Å². The molecule has 158 valence electrons. The minimum Gasteiger partial charge on any atom is -0.349 e. The number of benzene rings is 1. The summed E-state index contributed by atoms with van der Waals surface area (Å²) < 4.78 is 24.8. The molecule has 1 amide bonds. The van der Waals surface area contributed by atoms with Crippen LogP contribution in [-0.4, -0.2) is 61.5 Å². The van der Waals surface area contributed by atoms with Crippen molar-refractivity contribution >= 4 is 15.7 Å². The van der Waals surface area contributed by atoms with Gasteiger partial charge in [0.2, 0.25) is 0 Å². The largest absolute Gasteiger partial charge is 0.349 e. The standard InChI is InChI=1S/C22H31N3O3S/c1-16-7-5-6-8-21(16)25-17(2)15-20(18(25)3)22(26)23-19-9-11-24(12-10-19)13-14-29(4,27)28/h5-8,15,19H,9-14H2,1-4H3,(H,23,26). The lowest BCUT2D eigenvalue weighted by Gasteiger charge is -2.32. The molecule has 2 aromatic rings. The summed E-state index contributed by atoms with van der Waals surface area (Å²) in [7, 11) is -2.94. The van der Waals surface area contributed by atoms with E-state index < -0.39 is 9.84 Å². The van der Waals surface area contributed by atoms with E-state index in [0.717, 1.165) is 43.0 Å². The Morgan fingerprint density at radius 2 is 1.79 bits per heavy atom. The molecule has 29 heavy (non-hydrogen) atoms. The molecule has 0 radical (unpaired) electrons. The second-order valence-electron chi connectivity index (χ2n) is 8.13. The number of amides is 1. The van der Waals surface area contributed by atoms with Crippen molar-refractivity contribution in [2.24, 2.45) is 0 Å². The van der Waals surface area contributed by atoms with Crippen LogP contribution in [-0.2, 0) is 9.84 Å². The van der Waals surface area contributed by atoms with Crippen LogP contribution < -0.4 is 5.32 Å². The Kier molecular flexibility index (Phi) is 6.49. The Balaban J connectivity index is 1.64. The first-order valence-corrected chi connectivity index (χ1v) is 12.2. The van der Waals surface area contributed by atoms with Crippen molar-refractivity contribution in [2.45, 2.75) is 39.7 Å². The Bertz CT molecular complexity index is 987. The smallest absolute Gasteiger partial charge is 0.253 e. The maximum atomic E-state index is 12.9. The van der Waals surface area contributed by atoms with E-state index >= 15 is 0 Å². The van der Waals surface area contributed by atoms with Crippen molar-refractivity contribution in [3.05, 3.63) is 52.8 Å². The van der Waals surface area contributed by atoms with Crippen LogP contribution in [0.3, 0.4) is 0 Å². The van der Waals surface area contributed by atoms with Crippen LogP contribution in [0, 0.1) is 20.8 Å². The molecule has 1 aliphatic heterocycles. The second kappa shape index (κ2) is 8.71. The van der Waals surface area contributed by atoms with Gasteiger partial charge in [-0.15, -0.1) is 0 Å². The number of para-hydroxylation sites is 1. The van der Waals surface area contributed by atoms with Gasteiger partial charge in [-0.2, -0.15) is 0 Å². The normalized spacial score (nSPS) is 16.1. The minimum atomic E-state index is -2.94. The zero-order chi connectivity index (χ0) is 21.2. The number of carbonyl (C=O) groups is 1. The minimum absolute atomic E-state index is 0.0347. The van der Waals surface area contributed by atoms with Gasteiger partial charge in [0.25, 0.3) is 5.91 Å². The third-order valence-corrected chi connectivity index (χ3v) is 6.66. The van der Waals surface area contributed by atoms with Crippen LogP contribution in [0.2, 0.25) is 0 Å². The molecule has 0 aliphatic carbocycles. The van der Waals surface area contributed by atoms with E-state index in [1.54, 1.807) is 0 Å². The lowest BCUT2D eigenvalue weighted by atomic mass is 10.0. The number of sulfone groups is 1. The molecule has 0 unspecified atom stereocenters. The molecule has 1 aromatic carbocycles. The van der Waals surface area contributed by atoms with E-state index in [4.69, 9.17) is 0 Å². The quantitative estimate of drug-likeness (QED) is 0.784. The van der Waals surface area contributed by atoms with E-state index in [1.165, 1.54) is 11.8 Å². The van der Waals surface area contributed by atoms with Crippen LogP contribution in [0.1, 0.15) is 40.2 Å². The molecule has 1 aromatic heterocycles. The van der Waals surface area contributed by atoms with E-state index in [0.29, 0.717) is 12.1 Å². The molecule has 7 heteroatoms. The number of nitrogens with one attached hydrogen (secondary N) is 1. The van der Waals surface area contributed by atoms with Gasteiger partial charge in [0.05, 0.1) is 11.3 Å². The predicted octanol–water partition coefficient (Wildman–Crippen LogP) is 2.64. The third-order valence-electron chi connectivity index (χ3n) is 5.73. The summed E-state index contributed by atoms with van der Waals surface area (Å²) in [6.45, 7) is 8.27. The zero-order valence-corrected chi connectivity index (χ0v) is 18.6. The van der Waals surface area contributed by atoms with Crippen molar-refractivity contribution < 1.29 is 13.2 Å². The highest BCUT2D eigenvalue weighted by molar-refractivity contribution is 7.90. The molecular formula is C22H31N3O3S. The van der Waals surface area contributed by atoms with Crippen LogP contribution in [0.15, 0.2) is 30.3 Å². The number of aryl methyl sites for hydroxylation is 2. The average molecular weight is 418 g/mol. The molecule has 2 heterocycles. The highest BCUT2D eigenvalue weighted by Crippen LogP contribution is 2.23. The summed E-state index contributed by atoms with van der Waals surface area (Å²) in [6.07, 6.45) is 2.95. The SMILES string of the molecule is Cc1ccccc1-n1c(C)cc(C(=O)NC2CCN(CCS(C)(=O)=O)CC2)c1C. The Morgan fingerprint density at radius 1 is 1.14 bits per heavy atom. The van der Waals surface area contributed by atoms with Crippen molar-refractivity contribution in [3.63, 3.8) is 0 Å². The maximum absolute atomic E-state index is 12.9. The molecule has 1 saturated heterocycles. The Labute approximate surface area is 173 Å². The van der Waals surface area contributed by atoms with Gasteiger partial charge in [-0.05, 0) is 51.3 Å². The van der Waals surface area contributed by atoms with Gasteiger partial charge in [0.1, 0.15) is 9.84 Å². The Morgan fingerprint density at radius 3 is 2.41 bits per heavy atom. The van der Waals surface area contributed by atoms with Crippen LogP contribution >= 0.6 is 0 Å². The number of nitrogens with zero attached hydrogens (tertiary/aromatic N) is 2. The van der Waals surface area contributed by atoms with E-state index in [9.17, 15) is 13.2 Å². The van der Waals surface area contributed by atoms with Gasteiger partial charge >= 0.3 is 0 Å². The van der Waals surface area contributed by atoms with E-state index in [1.807, 2.05) is 32.0 Å². The fourth-order valence-corrected chi connectivity index (χ4v) is 4.63. The predicted molar refractivity (Wildman–Crippen MR) is 117 cm³/mol. The van der Waals surface area contributed by atoms with E-state index in [-0.39, 0.29) is 17.7 Å². The molecule has 0 bridgehead atoms. The molecule has 6 nitrogen and oxygen atoms in total. The monoisotopic (exact) mass is 417 g/mol. The number of likely N-dealkylation sites (tertiary alicyclic amines) is 1. The summed E-state index contributed by atoms with van der Waals surface area (Å²) in [4.78, 5) is 15.1. The molecule has 3 rings (SSSR count). The van der Waals surface area contributed by atoms with Gasteiger partial charge in [-0.25, -0.2) is 8.42 Å². The molecule has 0 spiro atoms. The van der Waals surface area contributed by atoms with Crippen LogP contribution in [0.25, 0.3) is 5.69 Å². The molecular weight excluding hydrogens is 386 g/mol. The topological polar surface area (TPSA) is 71.4 Å². The zero-order valence-electron chi connectivity index (χ0n) is 17.7. The summed E-state index contributed by atoms with van der Waals surface area (Å²) in [6, 6.07) is 10.3. The molecule has 1 N–H and O–H groups in total. The number of aromatic nitrogens is 1. The molecule has 1 aliphatic rings. The summed E-state index contributed by atoms with van der Waals surface area (Å²) in [5, 5.41) is 3.18. The second-order valence-corrected chi connectivity index (χ2v) is 10.4. The average Bonchev–Trinajstić information content (AvgIpc) is 2.95. The van der Waals surface area contributed by atoms with Crippen molar-refractivity contribution in [3.8, 4) is 5.69 Å². The molecule has 0 saturated carbocycles. The van der Waals surface area contributed by atoms with Crippen LogP contribution in [0.5, 0.6) is 0 Å². The van der Waals surface area contributed by atoms with Crippen molar-refractivity contribution in [2.75, 3.05) is 31.6 Å². The third kappa shape index (κ3) is 5.28. The fourth-order valence-electron chi connectivity index (χ4n) is 4.04. The van der Waals surface area contributed by atoms with Gasteiger partial charge in [-0.1, -0.05) is 18.2 Å². The van der Waals surface area contributed by atoms with Gasteiger partial charge < -0.3 is 14.8 Å². The van der Waals surface area contributed by atoms with Gasteiger partial charge in [-0.3, -0.25) is 4.79 Å². The van der Waals surface area contributed by atoms with E-state index in [2.05, 4.69) is 33.8 Å². The first-order valence-electron chi connectivity index (χ1n) is 10.1. The molecule has 0 atom stereocenters. The van der Waals surface area contributed by atoms with Crippen molar-refractivity contribution in [1.29, 1.82) is 0 Å². The highest BCUT2D eigenvalue weighted by atomic mass is 32.2. The maximum Gasteiger partial charge on any atom is 0.253 e. The van der Waals surface area contributed by atoms with Crippen LogP contribution in [0.4, 0.5) is 0 Å². The number of hydrogen-bond acceptors (Lipinski definition) is 4. The lowest BCUT2D eigenvalue weighted by Crippen LogP contribution is -2.45. The first-order chi connectivity index (χ1) is 13.7. The van der Waals surface area contributed by atoms with Crippen molar-refractivity contribution in [1.82, 2.24) is 14.8 Å².